The Morgan fingerprint density at radius 2 is 1.53 bits per heavy atom. The fraction of sp³-hybridized carbons (Fsp3) is 0.103. The zero-order valence-electron chi connectivity index (χ0n) is 19.3. The number of hydrogen-bond acceptors (Lipinski definition) is 4. The number of methoxy groups -OCH3 is 1. The Morgan fingerprint density at radius 1 is 0.765 bits per heavy atom. The van der Waals surface area contributed by atoms with Gasteiger partial charge in [0.05, 0.1) is 18.4 Å². The lowest BCUT2D eigenvalue weighted by molar-refractivity contribution is -0.120. The first-order chi connectivity index (χ1) is 16.5. The number of fused-ring (bicyclic) bond motifs is 1. The number of aryl methyl sites for hydroxylation is 2. The van der Waals surface area contributed by atoms with Crippen LogP contribution in [0, 0.1) is 13.8 Å². The predicted octanol–water partition coefficient (Wildman–Crippen LogP) is 5.86. The van der Waals surface area contributed by atoms with Gasteiger partial charge in [-0.25, -0.2) is 4.90 Å². The van der Waals surface area contributed by atoms with E-state index < -0.39 is 5.91 Å². The maximum atomic E-state index is 13.9. The highest BCUT2D eigenvalue weighted by atomic mass is 16.5. The van der Waals surface area contributed by atoms with Gasteiger partial charge in [0.2, 0.25) is 0 Å². The number of amides is 2. The molecule has 1 heterocycles. The molecular formula is C29H24N2O3. The number of imide groups is 1. The molecular weight excluding hydrogens is 424 g/mol. The molecule has 5 nitrogen and oxygen atoms in total. The van der Waals surface area contributed by atoms with E-state index >= 15 is 0 Å². The van der Waals surface area contributed by atoms with Crippen LogP contribution in [0.3, 0.4) is 0 Å². The minimum Gasteiger partial charge on any atom is -0.497 e. The maximum absolute atomic E-state index is 13.9. The van der Waals surface area contributed by atoms with Gasteiger partial charge in [-0.1, -0.05) is 60.7 Å². The first-order valence-electron chi connectivity index (χ1n) is 11.1. The van der Waals surface area contributed by atoms with Crippen molar-refractivity contribution in [3.8, 4) is 5.75 Å². The number of rotatable bonds is 5. The highest BCUT2D eigenvalue weighted by Crippen LogP contribution is 2.37. The zero-order chi connectivity index (χ0) is 23.8. The Morgan fingerprint density at radius 3 is 2.32 bits per heavy atom. The lowest BCUT2D eigenvalue weighted by Crippen LogP contribution is -2.32. The van der Waals surface area contributed by atoms with Crippen molar-refractivity contribution in [2.24, 2.45) is 0 Å². The molecule has 5 heteroatoms. The molecule has 1 N–H and O–H groups in total. The lowest BCUT2D eigenvalue weighted by atomic mass is 9.99. The summed E-state index contributed by atoms with van der Waals surface area (Å²) in [6.07, 6.45) is 0. The van der Waals surface area contributed by atoms with E-state index in [1.54, 1.807) is 13.2 Å². The summed E-state index contributed by atoms with van der Waals surface area (Å²) in [5.74, 6) is -0.0894. The van der Waals surface area contributed by atoms with Gasteiger partial charge in [-0.05, 0) is 54.1 Å². The maximum Gasteiger partial charge on any atom is 0.282 e. The highest BCUT2D eigenvalue weighted by Gasteiger charge is 2.41. The van der Waals surface area contributed by atoms with Gasteiger partial charge in [-0.2, -0.15) is 0 Å². The van der Waals surface area contributed by atoms with Gasteiger partial charge in [0.1, 0.15) is 11.4 Å². The van der Waals surface area contributed by atoms with Crippen LogP contribution in [0.4, 0.5) is 11.4 Å². The van der Waals surface area contributed by atoms with Crippen LogP contribution in [0.25, 0.3) is 16.3 Å². The molecule has 0 saturated heterocycles. The number of carbonyl (C=O) groups excluding carboxylic acids is 2. The quantitative estimate of drug-likeness (QED) is 0.389. The van der Waals surface area contributed by atoms with Crippen molar-refractivity contribution in [3.63, 3.8) is 0 Å². The Bertz CT molecular complexity index is 1480. The molecule has 0 saturated carbocycles. The zero-order valence-corrected chi connectivity index (χ0v) is 19.3. The van der Waals surface area contributed by atoms with Crippen molar-refractivity contribution in [1.82, 2.24) is 0 Å². The summed E-state index contributed by atoms with van der Waals surface area (Å²) in [7, 11) is 1.59. The van der Waals surface area contributed by atoms with E-state index in [-0.39, 0.29) is 11.6 Å². The van der Waals surface area contributed by atoms with Crippen LogP contribution in [0.1, 0.15) is 16.7 Å². The number of ether oxygens (including phenoxy) is 1. The molecule has 1 aliphatic rings. The summed E-state index contributed by atoms with van der Waals surface area (Å²) in [5, 5.41) is 5.02. The topological polar surface area (TPSA) is 58.6 Å². The Kier molecular flexibility index (Phi) is 5.38. The molecule has 1 aliphatic heterocycles. The first-order valence-corrected chi connectivity index (χ1v) is 11.1. The van der Waals surface area contributed by atoms with Crippen molar-refractivity contribution in [2.75, 3.05) is 17.3 Å². The third-order valence-electron chi connectivity index (χ3n) is 6.23. The number of carbonyl (C=O) groups is 2. The summed E-state index contributed by atoms with van der Waals surface area (Å²) in [4.78, 5) is 28.9. The molecule has 0 spiro atoms. The Labute approximate surface area is 198 Å². The molecule has 0 atom stereocenters. The van der Waals surface area contributed by atoms with Crippen LogP contribution in [-0.4, -0.2) is 18.9 Å². The van der Waals surface area contributed by atoms with Gasteiger partial charge in [0.25, 0.3) is 11.8 Å². The second kappa shape index (κ2) is 8.52. The van der Waals surface area contributed by atoms with Crippen molar-refractivity contribution in [2.45, 2.75) is 13.8 Å². The predicted molar refractivity (Wildman–Crippen MR) is 136 cm³/mol. The molecule has 0 aromatic heterocycles. The van der Waals surface area contributed by atoms with E-state index in [4.69, 9.17) is 4.74 Å². The summed E-state index contributed by atoms with van der Waals surface area (Å²) in [5.41, 5.74) is 4.70. The third kappa shape index (κ3) is 3.61. The van der Waals surface area contributed by atoms with Gasteiger partial charge in [0, 0.05) is 17.1 Å². The van der Waals surface area contributed by atoms with Crippen molar-refractivity contribution in [3.05, 3.63) is 107 Å². The third-order valence-corrected chi connectivity index (χ3v) is 6.23. The summed E-state index contributed by atoms with van der Waals surface area (Å²) < 4.78 is 5.33. The molecule has 0 radical (unpaired) electrons. The minimum absolute atomic E-state index is 0.245. The molecule has 0 bridgehead atoms. The van der Waals surface area contributed by atoms with Crippen LogP contribution in [-0.2, 0) is 9.59 Å². The normalized spacial score (nSPS) is 13.7. The summed E-state index contributed by atoms with van der Waals surface area (Å²) in [6, 6.07) is 26.5. The van der Waals surface area contributed by atoms with Crippen molar-refractivity contribution < 1.29 is 14.3 Å². The van der Waals surface area contributed by atoms with E-state index in [9.17, 15) is 9.59 Å². The number of benzene rings is 4. The minimum atomic E-state index is -0.391. The van der Waals surface area contributed by atoms with Crippen LogP contribution in [0.2, 0.25) is 0 Å². The molecule has 5 rings (SSSR count). The molecule has 4 aromatic rings. The summed E-state index contributed by atoms with van der Waals surface area (Å²) >= 11 is 0. The van der Waals surface area contributed by atoms with Crippen LogP contribution < -0.4 is 15.0 Å². The monoisotopic (exact) mass is 448 g/mol. The van der Waals surface area contributed by atoms with Crippen molar-refractivity contribution >= 4 is 39.5 Å². The largest absolute Gasteiger partial charge is 0.497 e. The molecule has 168 valence electrons. The second-order valence-corrected chi connectivity index (χ2v) is 8.35. The van der Waals surface area contributed by atoms with Gasteiger partial charge in [-0.15, -0.1) is 0 Å². The molecule has 0 fully saturated rings. The van der Waals surface area contributed by atoms with Gasteiger partial charge >= 0.3 is 0 Å². The Balaban J connectivity index is 1.67. The lowest BCUT2D eigenvalue weighted by Gasteiger charge is -2.18. The smallest absolute Gasteiger partial charge is 0.282 e. The van der Waals surface area contributed by atoms with E-state index in [1.807, 2.05) is 92.7 Å². The number of nitrogens with zero attached hydrogens (tertiary/aromatic N) is 1. The van der Waals surface area contributed by atoms with E-state index in [0.717, 1.165) is 21.9 Å². The average molecular weight is 449 g/mol. The van der Waals surface area contributed by atoms with Crippen LogP contribution in [0.5, 0.6) is 5.75 Å². The molecule has 34 heavy (non-hydrogen) atoms. The first kappa shape index (κ1) is 21.5. The fourth-order valence-corrected chi connectivity index (χ4v) is 4.28. The molecule has 0 aliphatic carbocycles. The molecule has 4 aromatic carbocycles. The van der Waals surface area contributed by atoms with Crippen LogP contribution >= 0.6 is 0 Å². The number of nitrogens with one attached hydrogen (secondary N) is 1. The average Bonchev–Trinajstić information content (AvgIpc) is 3.09. The SMILES string of the molecule is COc1cccc(NC2=C(c3ccc(C)c(C)c3)C(=O)N(c3cccc4ccccc34)C2=O)c1. The number of anilines is 2. The standard InChI is InChI=1S/C29H24N2O3/c1-18-14-15-21(16-19(18)2)26-27(30-22-10-7-11-23(17-22)34-3)29(33)31(28(26)32)25-13-6-9-20-8-4-5-12-24(20)25/h4-17,30H,1-3H3. The van der Waals surface area contributed by atoms with Crippen LogP contribution in [0.15, 0.2) is 90.6 Å². The van der Waals surface area contributed by atoms with E-state index in [2.05, 4.69) is 5.32 Å². The van der Waals surface area contributed by atoms with E-state index in [1.165, 1.54) is 4.90 Å². The fourth-order valence-electron chi connectivity index (χ4n) is 4.28. The van der Waals surface area contributed by atoms with Gasteiger partial charge < -0.3 is 10.1 Å². The summed E-state index contributed by atoms with van der Waals surface area (Å²) in [6.45, 7) is 4.02. The van der Waals surface area contributed by atoms with Gasteiger partial charge in [-0.3, -0.25) is 9.59 Å². The van der Waals surface area contributed by atoms with E-state index in [0.29, 0.717) is 28.3 Å². The number of hydrogen-bond donors (Lipinski definition) is 1. The highest BCUT2D eigenvalue weighted by molar-refractivity contribution is 6.47. The molecule has 0 unspecified atom stereocenters. The van der Waals surface area contributed by atoms with Crippen molar-refractivity contribution in [1.29, 1.82) is 0 Å². The second-order valence-electron chi connectivity index (χ2n) is 8.35. The Hall–Kier alpha value is -4.38. The van der Waals surface area contributed by atoms with Gasteiger partial charge in [0.15, 0.2) is 0 Å². The molecule has 2 amide bonds.